The number of rotatable bonds is 5. The van der Waals surface area contributed by atoms with Crippen molar-refractivity contribution in [3.63, 3.8) is 0 Å². The molecule has 0 aliphatic carbocycles. The van der Waals surface area contributed by atoms with E-state index < -0.39 is 6.36 Å². The fourth-order valence-corrected chi connectivity index (χ4v) is 3.56. The van der Waals surface area contributed by atoms with Crippen LogP contribution in [0.25, 0.3) is 21.9 Å². The Morgan fingerprint density at radius 2 is 1.77 bits per heavy atom. The molecule has 0 aliphatic heterocycles. The number of pyridine rings is 1. The van der Waals surface area contributed by atoms with E-state index in [1.807, 2.05) is 25.1 Å². The summed E-state index contributed by atoms with van der Waals surface area (Å²) >= 11 is 0. The lowest BCUT2D eigenvalue weighted by Crippen LogP contribution is -2.17. The monoisotopic (exact) mass is 428 g/mol. The van der Waals surface area contributed by atoms with Crippen LogP contribution < -0.4 is 4.74 Å². The first-order chi connectivity index (χ1) is 14.7. The summed E-state index contributed by atoms with van der Waals surface area (Å²) in [4.78, 5) is 4.21. The van der Waals surface area contributed by atoms with Gasteiger partial charge in [0.25, 0.3) is 0 Å². The van der Waals surface area contributed by atoms with Crippen molar-refractivity contribution in [3.8, 4) is 22.8 Å². The predicted molar refractivity (Wildman–Crippen MR) is 110 cm³/mol. The molecule has 4 rings (SSSR count). The molecule has 2 aromatic carbocycles. The van der Waals surface area contributed by atoms with Crippen LogP contribution >= 0.6 is 0 Å². The van der Waals surface area contributed by atoms with Crippen LogP contribution in [0.3, 0.4) is 0 Å². The summed E-state index contributed by atoms with van der Waals surface area (Å²) in [5.41, 5.74) is 3.98. The van der Waals surface area contributed by atoms with Gasteiger partial charge < -0.3 is 19.5 Å². The second-order valence-corrected chi connectivity index (χ2v) is 7.23. The third-order valence-corrected chi connectivity index (χ3v) is 4.99. The van der Waals surface area contributed by atoms with Crippen molar-refractivity contribution in [1.82, 2.24) is 9.55 Å². The van der Waals surface area contributed by atoms with Gasteiger partial charge in [0.05, 0.1) is 18.8 Å². The maximum absolute atomic E-state index is 12.3. The molecule has 0 fully saturated rings. The van der Waals surface area contributed by atoms with Gasteiger partial charge in [0.15, 0.2) is 5.88 Å². The summed E-state index contributed by atoms with van der Waals surface area (Å²) in [6.07, 6.45) is -1.24. The van der Waals surface area contributed by atoms with Crippen LogP contribution in [0.4, 0.5) is 13.2 Å². The first kappa shape index (κ1) is 20.7. The molecule has 2 aromatic heterocycles. The number of aromatic nitrogens is 2. The van der Waals surface area contributed by atoms with Crippen molar-refractivity contribution in [2.45, 2.75) is 26.4 Å². The number of nitrogens with zero attached hydrogens (tertiary/aromatic N) is 2. The molecule has 0 atom stereocenters. The second kappa shape index (κ2) is 7.96. The standard InChI is InChI=1S/C23H19F3N2O3/c1-14-8-17(16-4-5-19(13-29)27-10-16)9-18-12-28(22(30)21(14)18)11-15-2-6-20(7-3-15)31-23(24,25)26/h2-10,12,29-30H,11,13H2,1H3. The van der Waals surface area contributed by atoms with Gasteiger partial charge >= 0.3 is 6.36 Å². The Kier molecular flexibility index (Phi) is 5.32. The van der Waals surface area contributed by atoms with Crippen LogP contribution in [0.5, 0.6) is 11.6 Å². The molecule has 0 saturated carbocycles. The van der Waals surface area contributed by atoms with Gasteiger partial charge in [-0.2, -0.15) is 0 Å². The van der Waals surface area contributed by atoms with E-state index in [9.17, 15) is 18.3 Å². The summed E-state index contributed by atoms with van der Waals surface area (Å²) in [5.74, 6) is -0.206. The molecule has 8 heteroatoms. The molecule has 0 bridgehead atoms. The normalized spacial score (nSPS) is 11.8. The first-order valence-electron chi connectivity index (χ1n) is 9.47. The van der Waals surface area contributed by atoms with Gasteiger partial charge in [-0.3, -0.25) is 4.98 Å². The van der Waals surface area contributed by atoms with E-state index in [2.05, 4.69) is 9.72 Å². The topological polar surface area (TPSA) is 67.5 Å². The van der Waals surface area contributed by atoms with E-state index >= 15 is 0 Å². The largest absolute Gasteiger partial charge is 0.573 e. The lowest BCUT2D eigenvalue weighted by Gasteiger charge is -2.10. The molecule has 0 spiro atoms. The molecule has 2 N–H and O–H groups in total. The van der Waals surface area contributed by atoms with Crippen molar-refractivity contribution >= 4 is 10.8 Å². The quantitative estimate of drug-likeness (QED) is 0.461. The van der Waals surface area contributed by atoms with Crippen LogP contribution in [0.2, 0.25) is 0 Å². The van der Waals surface area contributed by atoms with Gasteiger partial charge in [-0.05, 0) is 47.9 Å². The zero-order valence-electron chi connectivity index (χ0n) is 16.5. The molecule has 4 aromatic rings. The van der Waals surface area contributed by atoms with Crippen LogP contribution in [0, 0.1) is 6.92 Å². The fourth-order valence-electron chi connectivity index (χ4n) is 3.56. The molecular formula is C23H19F3N2O3. The van der Waals surface area contributed by atoms with Crippen molar-refractivity contribution in [1.29, 1.82) is 0 Å². The Morgan fingerprint density at radius 3 is 2.39 bits per heavy atom. The first-order valence-corrected chi connectivity index (χ1v) is 9.47. The van der Waals surface area contributed by atoms with Gasteiger partial charge in [0.1, 0.15) is 5.75 Å². The van der Waals surface area contributed by atoms with E-state index in [-0.39, 0.29) is 24.8 Å². The number of aromatic hydroxyl groups is 1. The highest BCUT2D eigenvalue weighted by molar-refractivity contribution is 5.94. The second-order valence-electron chi connectivity index (χ2n) is 7.23. The summed E-state index contributed by atoms with van der Waals surface area (Å²) in [7, 11) is 0. The lowest BCUT2D eigenvalue weighted by atomic mass is 10.0. The minimum Gasteiger partial charge on any atom is -0.494 e. The fraction of sp³-hybridized carbons (Fsp3) is 0.174. The summed E-state index contributed by atoms with van der Waals surface area (Å²) in [6.45, 7) is 2.06. The van der Waals surface area contributed by atoms with Crippen LogP contribution in [0.15, 0.2) is 60.9 Å². The maximum atomic E-state index is 12.3. The molecule has 0 saturated heterocycles. The molecule has 0 radical (unpaired) electrons. The van der Waals surface area contributed by atoms with Gasteiger partial charge in [0.2, 0.25) is 0 Å². The Morgan fingerprint density at radius 1 is 1.03 bits per heavy atom. The summed E-state index contributed by atoms with van der Waals surface area (Å²) in [5, 5.41) is 21.4. The van der Waals surface area contributed by atoms with Gasteiger partial charge in [-0.1, -0.05) is 24.3 Å². The molecular weight excluding hydrogens is 409 g/mol. The van der Waals surface area contributed by atoms with E-state index in [4.69, 9.17) is 5.11 Å². The van der Waals surface area contributed by atoms with Gasteiger partial charge in [0, 0.05) is 28.7 Å². The minimum absolute atomic E-state index is 0.0865. The average molecular weight is 428 g/mol. The highest BCUT2D eigenvalue weighted by Crippen LogP contribution is 2.35. The number of benzene rings is 2. The number of ether oxygens (including phenoxy) is 1. The number of hydrogen-bond donors (Lipinski definition) is 2. The average Bonchev–Trinajstić information content (AvgIpc) is 3.04. The van der Waals surface area contributed by atoms with Crippen molar-refractivity contribution in [2.75, 3.05) is 0 Å². The molecule has 0 aliphatic rings. The van der Waals surface area contributed by atoms with Crippen LogP contribution in [0.1, 0.15) is 16.8 Å². The van der Waals surface area contributed by atoms with E-state index in [1.165, 1.54) is 24.3 Å². The highest BCUT2D eigenvalue weighted by Gasteiger charge is 2.30. The van der Waals surface area contributed by atoms with Crippen LogP contribution in [-0.2, 0) is 13.2 Å². The minimum atomic E-state index is -4.74. The molecule has 160 valence electrons. The third-order valence-electron chi connectivity index (χ3n) is 4.99. The number of aliphatic hydroxyl groups is 1. The van der Waals surface area contributed by atoms with E-state index in [0.29, 0.717) is 16.6 Å². The number of aryl methyl sites for hydroxylation is 1. The zero-order chi connectivity index (χ0) is 22.2. The van der Waals surface area contributed by atoms with E-state index in [1.54, 1.807) is 23.0 Å². The predicted octanol–water partition coefficient (Wildman–Crippen LogP) is 5.16. The summed E-state index contributed by atoms with van der Waals surface area (Å²) in [6, 6.07) is 13.1. The highest BCUT2D eigenvalue weighted by atomic mass is 19.4. The van der Waals surface area contributed by atoms with Gasteiger partial charge in [-0.25, -0.2) is 0 Å². The number of aliphatic hydroxyl groups excluding tert-OH is 1. The van der Waals surface area contributed by atoms with Crippen molar-refractivity contribution in [3.05, 3.63) is 77.7 Å². The SMILES string of the molecule is Cc1cc(-c2ccc(CO)nc2)cc2cn(Cc3ccc(OC(F)(F)F)cc3)c(O)c12. The van der Waals surface area contributed by atoms with Gasteiger partial charge in [-0.15, -0.1) is 13.2 Å². The number of hydrogen-bond acceptors (Lipinski definition) is 4. The van der Waals surface area contributed by atoms with Crippen molar-refractivity contribution in [2.24, 2.45) is 0 Å². The Balaban J connectivity index is 1.63. The maximum Gasteiger partial charge on any atom is 0.573 e. The number of alkyl halides is 3. The van der Waals surface area contributed by atoms with E-state index in [0.717, 1.165) is 22.1 Å². The van der Waals surface area contributed by atoms with Crippen LogP contribution in [-0.4, -0.2) is 26.1 Å². The number of fused-ring (bicyclic) bond motifs is 1. The Labute approximate surface area is 176 Å². The summed E-state index contributed by atoms with van der Waals surface area (Å²) < 4.78 is 42.5. The molecule has 0 amide bonds. The Bertz CT molecular complexity index is 1210. The smallest absolute Gasteiger partial charge is 0.494 e. The van der Waals surface area contributed by atoms with Crippen molar-refractivity contribution < 1.29 is 28.1 Å². The Hall–Kier alpha value is -3.52. The zero-order valence-corrected chi connectivity index (χ0v) is 16.5. The molecule has 5 nitrogen and oxygen atoms in total. The number of halogens is 3. The third kappa shape index (κ3) is 4.49. The molecule has 0 unspecified atom stereocenters. The molecule has 31 heavy (non-hydrogen) atoms. The molecule has 2 heterocycles. The lowest BCUT2D eigenvalue weighted by molar-refractivity contribution is -0.274.